The zero-order chi connectivity index (χ0) is 21.5. The molecule has 0 bridgehead atoms. The van der Waals surface area contributed by atoms with Gasteiger partial charge < -0.3 is 10.6 Å². The molecule has 154 valence electrons. The number of carbonyl (C=O) groups excluding carboxylic acids is 2. The van der Waals surface area contributed by atoms with Gasteiger partial charge in [0.05, 0.1) is 12.0 Å². The van der Waals surface area contributed by atoms with Crippen LogP contribution in [0.4, 0.5) is 5.69 Å². The highest BCUT2D eigenvalue weighted by molar-refractivity contribution is 7.95. The van der Waals surface area contributed by atoms with Crippen LogP contribution in [0.15, 0.2) is 60.0 Å². The Morgan fingerprint density at radius 3 is 2.17 bits per heavy atom. The summed E-state index contributed by atoms with van der Waals surface area (Å²) in [6.07, 6.45) is 1.49. The van der Waals surface area contributed by atoms with Crippen LogP contribution in [0.3, 0.4) is 0 Å². The van der Waals surface area contributed by atoms with Crippen molar-refractivity contribution >= 4 is 33.6 Å². The summed E-state index contributed by atoms with van der Waals surface area (Å²) in [6, 6.07) is 15.0. The van der Waals surface area contributed by atoms with Crippen LogP contribution in [0.2, 0.25) is 0 Å². The van der Waals surface area contributed by atoms with Crippen molar-refractivity contribution in [1.82, 2.24) is 10.6 Å². The second kappa shape index (κ2) is 9.38. The van der Waals surface area contributed by atoms with Crippen LogP contribution in [0, 0.1) is 0 Å². The maximum Gasteiger partial charge on any atom is 0.255 e. The molecule has 0 saturated carbocycles. The topological polar surface area (TPSA) is 104 Å². The summed E-state index contributed by atoms with van der Waals surface area (Å²) in [7, 11) is -3.69. The van der Waals surface area contributed by atoms with Gasteiger partial charge in [0.25, 0.3) is 15.9 Å². The van der Waals surface area contributed by atoms with Crippen molar-refractivity contribution in [3.63, 3.8) is 0 Å². The summed E-state index contributed by atoms with van der Waals surface area (Å²) in [6.45, 7) is 5.40. The van der Waals surface area contributed by atoms with Crippen LogP contribution >= 0.6 is 0 Å². The van der Waals surface area contributed by atoms with E-state index < -0.39 is 15.9 Å². The Hall–Kier alpha value is -3.13. The van der Waals surface area contributed by atoms with E-state index in [1.54, 1.807) is 12.1 Å². The normalized spacial score (nSPS) is 11.8. The molecule has 0 radical (unpaired) electrons. The number of anilines is 1. The lowest BCUT2D eigenvalue weighted by atomic mass is 10.1. The van der Waals surface area contributed by atoms with Gasteiger partial charge in [-0.25, -0.2) is 8.42 Å². The molecule has 2 rings (SSSR count). The van der Waals surface area contributed by atoms with Gasteiger partial charge in [-0.2, -0.15) is 0 Å². The van der Waals surface area contributed by atoms with Gasteiger partial charge in [-0.1, -0.05) is 30.3 Å². The number of benzene rings is 2. The molecule has 0 saturated heterocycles. The molecule has 0 aliphatic carbocycles. The predicted molar refractivity (Wildman–Crippen MR) is 115 cm³/mol. The van der Waals surface area contributed by atoms with E-state index in [0.717, 1.165) is 11.0 Å². The first-order valence-corrected chi connectivity index (χ1v) is 10.5. The highest BCUT2D eigenvalue weighted by atomic mass is 32.2. The molecular formula is C21H25N3O4S. The van der Waals surface area contributed by atoms with Gasteiger partial charge in [0.15, 0.2) is 0 Å². The minimum Gasteiger partial charge on any atom is -0.350 e. The zero-order valence-corrected chi connectivity index (χ0v) is 17.4. The van der Waals surface area contributed by atoms with Crippen LogP contribution in [0.1, 0.15) is 36.7 Å². The first-order chi connectivity index (χ1) is 13.5. The standard InChI is InChI=1S/C21H25N3O4S/c1-21(2,3)23-19(25)15-22-20(26)17-9-11-18(12-10-17)24-29(27,28)14-13-16-7-5-4-6-8-16/h4-14,24H,15H2,1-3H3,(H,22,26)(H,23,25). The number of sulfonamides is 1. The predicted octanol–water partition coefficient (Wildman–Crippen LogP) is 2.74. The molecule has 0 atom stereocenters. The Morgan fingerprint density at radius 1 is 0.966 bits per heavy atom. The molecule has 0 spiro atoms. The first kappa shape index (κ1) is 22.2. The lowest BCUT2D eigenvalue weighted by Gasteiger charge is -2.20. The SMILES string of the molecule is CC(C)(C)NC(=O)CNC(=O)c1ccc(NS(=O)(=O)C=Cc2ccccc2)cc1. The number of hydrogen-bond donors (Lipinski definition) is 3. The quantitative estimate of drug-likeness (QED) is 0.647. The van der Waals surface area contributed by atoms with Gasteiger partial charge in [-0.3, -0.25) is 14.3 Å². The van der Waals surface area contributed by atoms with E-state index in [1.807, 2.05) is 39.0 Å². The van der Waals surface area contributed by atoms with Gasteiger partial charge in [0, 0.05) is 16.8 Å². The van der Waals surface area contributed by atoms with Crippen molar-refractivity contribution in [1.29, 1.82) is 0 Å². The minimum atomic E-state index is -3.69. The van der Waals surface area contributed by atoms with Crippen LogP contribution in [0.25, 0.3) is 6.08 Å². The maximum absolute atomic E-state index is 12.2. The Kier molecular flexibility index (Phi) is 7.17. The molecule has 3 N–H and O–H groups in total. The van der Waals surface area contributed by atoms with Crippen LogP contribution in [-0.4, -0.2) is 32.3 Å². The molecule has 0 unspecified atom stereocenters. The Bertz CT molecular complexity index is 977. The summed E-state index contributed by atoms with van der Waals surface area (Å²) >= 11 is 0. The van der Waals surface area contributed by atoms with Gasteiger partial charge in [0.2, 0.25) is 5.91 Å². The summed E-state index contributed by atoms with van der Waals surface area (Å²) in [5, 5.41) is 6.35. The molecule has 2 aromatic rings. The number of amides is 2. The van der Waals surface area contributed by atoms with Crippen molar-refractivity contribution in [2.75, 3.05) is 11.3 Å². The molecule has 2 amide bonds. The third-order valence-electron chi connectivity index (χ3n) is 3.57. The number of carbonyl (C=O) groups is 2. The van der Waals surface area contributed by atoms with E-state index in [9.17, 15) is 18.0 Å². The Balaban J connectivity index is 1.93. The molecule has 8 heteroatoms. The van der Waals surface area contributed by atoms with Crippen LogP contribution in [-0.2, 0) is 14.8 Å². The number of nitrogens with one attached hydrogen (secondary N) is 3. The van der Waals surface area contributed by atoms with Crippen molar-refractivity contribution in [2.24, 2.45) is 0 Å². The van der Waals surface area contributed by atoms with Crippen molar-refractivity contribution in [3.8, 4) is 0 Å². The number of rotatable bonds is 7. The van der Waals surface area contributed by atoms with E-state index in [-0.39, 0.29) is 18.0 Å². The fourth-order valence-corrected chi connectivity index (χ4v) is 3.21. The monoisotopic (exact) mass is 415 g/mol. The van der Waals surface area contributed by atoms with Gasteiger partial charge in [-0.05, 0) is 56.7 Å². The molecule has 2 aromatic carbocycles. The summed E-state index contributed by atoms with van der Waals surface area (Å²) in [5.41, 5.74) is 1.02. The second-order valence-corrected chi connectivity index (χ2v) is 8.99. The molecule has 0 aliphatic heterocycles. The van der Waals surface area contributed by atoms with E-state index >= 15 is 0 Å². The molecule has 29 heavy (non-hydrogen) atoms. The van der Waals surface area contributed by atoms with Gasteiger partial charge in [0.1, 0.15) is 0 Å². The molecule has 0 heterocycles. The van der Waals surface area contributed by atoms with E-state index in [4.69, 9.17) is 0 Å². The first-order valence-electron chi connectivity index (χ1n) is 8.99. The summed E-state index contributed by atoms with van der Waals surface area (Å²) < 4.78 is 26.7. The number of hydrogen-bond acceptors (Lipinski definition) is 4. The zero-order valence-electron chi connectivity index (χ0n) is 16.6. The molecule has 0 aromatic heterocycles. The smallest absolute Gasteiger partial charge is 0.255 e. The minimum absolute atomic E-state index is 0.144. The fourth-order valence-electron chi connectivity index (χ4n) is 2.35. The second-order valence-electron chi connectivity index (χ2n) is 7.42. The average molecular weight is 416 g/mol. The Morgan fingerprint density at radius 2 is 1.59 bits per heavy atom. The van der Waals surface area contributed by atoms with Crippen LogP contribution < -0.4 is 15.4 Å². The van der Waals surface area contributed by atoms with Crippen molar-refractivity contribution in [2.45, 2.75) is 26.3 Å². The lowest BCUT2D eigenvalue weighted by molar-refractivity contribution is -0.121. The van der Waals surface area contributed by atoms with Crippen molar-refractivity contribution < 1.29 is 18.0 Å². The maximum atomic E-state index is 12.2. The van der Waals surface area contributed by atoms with Gasteiger partial charge >= 0.3 is 0 Å². The van der Waals surface area contributed by atoms with Crippen molar-refractivity contribution in [3.05, 3.63) is 71.1 Å². The fraction of sp³-hybridized carbons (Fsp3) is 0.238. The van der Waals surface area contributed by atoms with Crippen LogP contribution in [0.5, 0.6) is 0 Å². The molecule has 0 fully saturated rings. The largest absolute Gasteiger partial charge is 0.350 e. The third kappa shape index (κ3) is 8.18. The molecule has 0 aliphatic rings. The Labute approximate surface area is 171 Å². The van der Waals surface area contributed by atoms with E-state index in [2.05, 4.69) is 15.4 Å². The highest BCUT2D eigenvalue weighted by Gasteiger charge is 2.15. The highest BCUT2D eigenvalue weighted by Crippen LogP contribution is 2.13. The summed E-state index contributed by atoms with van der Waals surface area (Å²) in [4.78, 5) is 23.9. The molecular weight excluding hydrogens is 390 g/mol. The van der Waals surface area contributed by atoms with Gasteiger partial charge in [-0.15, -0.1) is 0 Å². The van der Waals surface area contributed by atoms with E-state index in [0.29, 0.717) is 11.3 Å². The molecule has 7 nitrogen and oxygen atoms in total. The lowest BCUT2D eigenvalue weighted by Crippen LogP contribution is -2.45. The average Bonchev–Trinajstić information content (AvgIpc) is 2.64. The van der Waals surface area contributed by atoms with E-state index in [1.165, 1.54) is 30.3 Å². The summed E-state index contributed by atoms with van der Waals surface area (Å²) in [5.74, 6) is -0.715. The third-order valence-corrected chi connectivity index (χ3v) is 4.58.